The molecule has 8 heteroatoms. The number of aromatic nitrogens is 4. The van der Waals surface area contributed by atoms with Crippen LogP contribution >= 0.6 is 11.8 Å². The lowest BCUT2D eigenvalue weighted by molar-refractivity contribution is 0.0747. The van der Waals surface area contributed by atoms with Gasteiger partial charge in [-0.1, -0.05) is 42.1 Å². The normalized spacial score (nSPS) is 14.2. The van der Waals surface area contributed by atoms with Crippen LogP contribution in [0.4, 0.5) is 5.69 Å². The second-order valence-corrected chi connectivity index (χ2v) is 8.34. The van der Waals surface area contributed by atoms with Crippen molar-refractivity contribution >= 4 is 34.5 Å². The van der Waals surface area contributed by atoms with E-state index in [0.29, 0.717) is 5.65 Å². The molecule has 4 aromatic rings. The second-order valence-electron chi connectivity index (χ2n) is 7.38. The number of rotatable bonds is 5. The van der Waals surface area contributed by atoms with E-state index in [1.807, 2.05) is 35.2 Å². The van der Waals surface area contributed by atoms with E-state index in [-0.39, 0.29) is 5.91 Å². The highest BCUT2D eigenvalue weighted by atomic mass is 32.2. The van der Waals surface area contributed by atoms with Gasteiger partial charge < -0.3 is 14.8 Å². The molecule has 0 saturated carbocycles. The van der Waals surface area contributed by atoms with Crippen molar-refractivity contribution in [1.29, 1.82) is 0 Å². The minimum absolute atomic E-state index is 0.0990. The zero-order chi connectivity index (χ0) is 21.0. The van der Waals surface area contributed by atoms with E-state index in [9.17, 15) is 4.79 Å². The number of H-pyrrole nitrogens is 1. The number of fused-ring (bicyclic) bond motifs is 1. The van der Waals surface area contributed by atoms with E-state index in [1.165, 1.54) is 12.0 Å². The highest BCUT2D eigenvalue weighted by Gasteiger charge is 2.22. The van der Waals surface area contributed by atoms with E-state index >= 15 is 0 Å². The topological polar surface area (TPSA) is 78.0 Å². The number of carbonyl (C=O) groups excluding carboxylic acids is 1. The van der Waals surface area contributed by atoms with Gasteiger partial charge >= 0.3 is 0 Å². The Balaban J connectivity index is 1.18. The van der Waals surface area contributed by atoms with Gasteiger partial charge in [0.2, 0.25) is 0 Å². The molecule has 1 fully saturated rings. The number of nitrogens with zero attached hydrogens (tertiary/aromatic N) is 5. The number of hydrogen-bond acceptors (Lipinski definition) is 6. The first-order valence-corrected chi connectivity index (χ1v) is 11.2. The fraction of sp³-hybridized carbons (Fsp3) is 0.217. The van der Waals surface area contributed by atoms with E-state index in [2.05, 4.69) is 49.1 Å². The number of hydrogen-bond donors (Lipinski definition) is 1. The van der Waals surface area contributed by atoms with E-state index < -0.39 is 0 Å². The molecule has 2 aromatic heterocycles. The van der Waals surface area contributed by atoms with Gasteiger partial charge in [-0.2, -0.15) is 0 Å². The minimum atomic E-state index is 0.0990. The Labute approximate surface area is 184 Å². The SMILES string of the molecule is O=C(c1ccc(CSc2ncnc3nc[nH]c23)cc1)N1CCN(c2ccccc2)CC1. The molecule has 3 heterocycles. The summed E-state index contributed by atoms with van der Waals surface area (Å²) in [5.41, 5.74) is 4.62. The number of para-hydroxylation sites is 1. The molecule has 0 aliphatic carbocycles. The zero-order valence-corrected chi connectivity index (χ0v) is 17.8. The van der Waals surface area contributed by atoms with Crippen molar-refractivity contribution in [3.05, 3.63) is 78.4 Å². The van der Waals surface area contributed by atoms with Crippen molar-refractivity contribution in [2.45, 2.75) is 10.8 Å². The molecule has 1 aliphatic rings. The fourth-order valence-corrected chi connectivity index (χ4v) is 4.65. The number of anilines is 1. The number of thioether (sulfide) groups is 1. The average molecular weight is 431 g/mol. The van der Waals surface area contributed by atoms with E-state index in [1.54, 1.807) is 18.1 Å². The lowest BCUT2D eigenvalue weighted by Gasteiger charge is -2.36. The van der Waals surface area contributed by atoms with Gasteiger partial charge in [-0.3, -0.25) is 4.79 Å². The van der Waals surface area contributed by atoms with Gasteiger partial charge in [-0.25, -0.2) is 15.0 Å². The molecule has 1 saturated heterocycles. The molecule has 0 atom stereocenters. The molecule has 1 N–H and O–H groups in total. The molecule has 0 radical (unpaired) electrons. The molecule has 2 aromatic carbocycles. The first-order valence-electron chi connectivity index (χ1n) is 10.2. The number of carbonyl (C=O) groups is 1. The van der Waals surface area contributed by atoms with Gasteiger partial charge in [-0.05, 0) is 29.8 Å². The Morgan fingerprint density at radius 2 is 1.71 bits per heavy atom. The van der Waals surface area contributed by atoms with Gasteiger partial charge in [0.1, 0.15) is 16.9 Å². The molecule has 156 valence electrons. The maximum absolute atomic E-state index is 12.9. The third kappa shape index (κ3) is 4.25. The van der Waals surface area contributed by atoms with Crippen molar-refractivity contribution in [1.82, 2.24) is 24.8 Å². The number of amides is 1. The second kappa shape index (κ2) is 8.77. The predicted molar refractivity (Wildman–Crippen MR) is 122 cm³/mol. The van der Waals surface area contributed by atoms with Gasteiger partial charge in [0.25, 0.3) is 5.91 Å². The Bertz CT molecular complexity index is 1170. The van der Waals surface area contributed by atoms with Crippen LogP contribution in [0.3, 0.4) is 0 Å². The van der Waals surface area contributed by atoms with Crippen molar-refractivity contribution in [3.8, 4) is 0 Å². The molecular formula is C23H22N6OS. The number of aromatic amines is 1. The summed E-state index contributed by atoms with van der Waals surface area (Å²) in [6.45, 7) is 3.18. The first kappa shape index (κ1) is 19.6. The van der Waals surface area contributed by atoms with Gasteiger partial charge in [0.15, 0.2) is 5.65 Å². The maximum atomic E-state index is 12.9. The standard InChI is InChI=1S/C23H22N6OS/c30-23(29-12-10-28(11-13-29)19-4-2-1-3-5-19)18-8-6-17(7-9-18)14-31-22-20-21(25-15-24-20)26-16-27-22/h1-9,15-16H,10-14H2,(H,24,25,26,27). The van der Waals surface area contributed by atoms with Crippen LogP contribution in [0.5, 0.6) is 0 Å². The Kier molecular flexibility index (Phi) is 5.54. The van der Waals surface area contributed by atoms with E-state index in [0.717, 1.165) is 53.6 Å². The van der Waals surface area contributed by atoms with Crippen molar-refractivity contribution in [2.75, 3.05) is 31.1 Å². The quantitative estimate of drug-likeness (QED) is 0.385. The Morgan fingerprint density at radius 3 is 2.48 bits per heavy atom. The summed E-state index contributed by atoms with van der Waals surface area (Å²) in [4.78, 5) is 32.9. The van der Waals surface area contributed by atoms with Crippen LogP contribution in [0.2, 0.25) is 0 Å². The molecule has 0 bridgehead atoms. The number of piperazine rings is 1. The minimum Gasteiger partial charge on any atom is -0.368 e. The molecule has 1 amide bonds. The lowest BCUT2D eigenvalue weighted by atomic mass is 10.1. The van der Waals surface area contributed by atoms with Crippen LogP contribution in [0, 0.1) is 0 Å². The van der Waals surface area contributed by atoms with Gasteiger partial charge in [0.05, 0.1) is 6.33 Å². The lowest BCUT2D eigenvalue weighted by Crippen LogP contribution is -2.48. The monoisotopic (exact) mass is 430 g/mol. The third-order valence-electron chi connectivity index (χ3n) is 5.45. The zero-order valence-electron chi connectivity index (χ0n) is 16.9. The Morgan fingerprint density at radius 1 is 0.935 bits per heavy atom. The summed E-state index contributed by atoms with van der Waals surface area (Å²) in [5, 5.41) is 0.874. The first-order chi connectivity index (χ1) is 15.3. The van der Waals surface area contributed by atoms with Crippen LogP contribution in [0.15, 0.2) is 72.3 Å². The molecule has 31 heavy (non-hydrogen) atoms. The number of imidazole rings is 1. The summed E-state index contributed by atoms with van der Waals surface area (Å²) in [6, 6.07) is 18.2. The van der Waals surface area contributed by atoms with Crippen LogP contribution in [0.25, 0.3) is 11.2 Å². The third-order valence-corrected chi connectivity index (χ3v) is 6.51. The predicted octanol–water partition coefficient (Wildman–Crippen LogP) is 3.61. The van der Waals surface area contributed by atoms with E-state index in [4.69, 9.17) is 0 Å². The number of nitrogens with one attached hydrogen (secondary N) is 1. The summed E-state index contributed by atoms with van der Waals surface area (Å²) in [6.07, 6.45) is 3.16. The van der Waals surface area contributed by atoms with Crippen LogP contribution in [-0.2, 0) is 5.75 Å². The van der Waals surface area contributed by atoms with Crippen LogP contribution in [0.1, 0.15) is 15.9 Å². The summed E-state index contributed by atoms with van der Waals surface area (Å²) in [5.74, 6) is 0.858. The smallest absolute Gasteiger partial charge is 0.253 e. The molecule has 7 nitrogen and oxygen atoms in total. The average Bonchev–Trinajstić information content (AvgIpc) is 3.33. The highest BCUT2D eigenvalue weighted by Crippen LogP contribution is 2.25. The summed E-state index contributed by atoms with van der Waals surface area (Å²) >= 11 is 1.62. The van der Waals surface area contributed by atoms with Crippen molar-refractivity contribution in [2.24, 2.45) is 0 Å². The maximum Gasteiger partial charge on any atom is 0.253 e. The van der Waals surface area contributed by atoms with Crippen LogP contribution in [-0.4, -0.2) is 56.9 Å². The molecular weight excluding hydrogens is 408 g/mol. The summed E-state index contributed by atoms with van der Waals surface area (Å²) < 4.78 is 0. The molecule has 1 aliphatic heterocycles. The van der Waals surface area contributed by atoms with Crippen LogP contribution < -0.4 is 4.90 Å². The highest BCUT2D eigenvalue weighted by molar-refractivity contribution is 7.98. The molecule has 5 rings (SSSR count). The molecule has 0 unspecified atom stereocenters. The van der Waals surface area contributed by atoms with Crippen molar-refractivity contribution < 1.29 is 4.79 Å². The largest absolute Gasteiger partial charge is 0.368 e. The summed E-state index contributed by atoms with van der Waals surface area (Å²) in [7, 11) is 0. The molecule has 0 spiro atoms. The van der Waals surface area contributed by atoms with Gasteiger partial charge in [-0.15, -0.1) is 0 Å². The Hall–Kier alpha value is -3.39. The number of benzene rings is 2. The van der Waals surface area contributed by atoms with Gasteiger partial charge in [0, 0.05) is 43.2 Å². The fourth-order valence-electron chi connectivity index (χ4n) is 3.74. The van der Waals surface area contributed by atoms with Crippen molar-refractivity contribution in [3.63, 3.8) is 0 Å².